The van der Waals surface area contributed by atoms with Crippen LogP contribution in [0.3, 0.4) is 0 Å². The zero-order valence-corrected chi connectivity index (χ0v) is 11.5. The summed E-state index contributed by atoms with van der Waals surface area (Å²) in [6, 6.07) is 3.96. The van der Waals surface area contributed by atoms with E-state index in [0.717, 1.165) is 6.07 Å². The summed E-state index contributed by atoms with van der Waals surface area (Å²) in [5.74, 6) is 0. The maximum Gasteiger partial charge on any atom is 0.417 e. The Balaban J connectivity index is 2.09. The van der Waals surface area contributed by atoms with Gasteiger partial charge < -0.3 is 15.2 Å². The Hall–Kier alpha value is -0.790. The molecule has 0 unspecified atom stereocenters. The molecule has 0 spiro atoms. The first-order valence-electron chi connectivity index (χ1n) is 5.66. The molecule has 0 radical (unpaired) electrons. The van der Waals surface area contributed by atoms with E-state index in [9.17, 15) is 18.3 Å². The number of benzene rings is 1. The summed E-state index contributed by atoms with van der Waals surface area (Å²) in [6.07, 6.45) is -4.40. The topological polar surface area (TPSA) is 41.5 Å². The second-order valence-electron chi connectivity index (χ2n) is 4.70. The van der Waals surface area contributed by atoms with Gasteiger partial charge in [0.1, 0.15) is 0 Å². The lowest BCUT2D eigenvalue weighted by Gasteiger charge is -2.40. The highest BCUT2D eigenvalue weighted by Crippen LogP contribution is 2.36. The van der Waals surface area contributed by atoms with Crippen LogP contribution in [0.1, 0.15) is 5.56 Å². The van der Waals surface area contributed by atoms with E-state index in [0.29, 0.717) is 25.4 Å². The van der Waals surface area contributed by atoms with Crippen LogP contribution in [0.15, 0.2) is 22.7 Å². The molecule has 1 aromatic carbocycles. The molecule has 1 aromatic rings. The quantitative estimate of drug-likeness (QED) is 0.886. The van der Waals surface area contributed by atoms with Crippen LogP contribution in [0, 0.1) is 5.41 Å². The normalized spacial score (nSPS) is 17.9. The highest BCUT2D eigenvalue weighted by Gasteiger charge is 2.38. The Morgan fingerprint density at radius 1 is 1.37 bits per heavy atom. The lowest BCUT2D eigenvalue weighted by Crippen LogP contribution is -2.50. The first-order valence-corrected chi connectivity index (χ1v) is 6.45. The number of anilines is 1. The van der Waals surface area contributed by atoms with Crippen molar-refractivity contribution in [2.45, 2.75) is 6.18 Å². The van der Waals surface area contributed by atoms with Crippen molar-refractivity contribution in [3.8, 4) is 0 Å². The van der Waals surface area contributed by atoms with Gasteiger partial charge in [-0.05, 0) is 18.2 Å². The van der Waals surface area contributed by atoms with Crippen molar-refractivity contribution < 1.29 is 23.0 Å². The average molecular weight is 340 g/mol. The third-order valence-electron chi connectivity index (χ3n) is 3.09. The number of alkyl halides is 3. The Kier molecular flexibility index (Phi) is 4.08. The molecule has 1 fully saturated rings. The Bertz CT molecular complexity index is 455. The van der Waals surface area contributed by atoms with Crippen LogP contribution in [0.5, 0.6) is 0 Å². The van der Waals surface area contributed by atoms with Crippen LogP contribution in [0.2, 0.25) is 0 Å². The largest absolute Gasteiger partial charge is 0.417 e. The number of rotatable bonds is 4. The van der Waals surface area contributed by atoms with E-state index in [-0.39, 0.29) is 16.5 Å². The van der Waals surface area contributed by atoms with Crippen molar-refractivity contribution >= 4 is 21.6 Å². The highest BCUT2D eigenvalue weighted by atomic mass is 79.9. The van der Waals surface area contributed by atoms with Gasteiger partial charge in [0.25, 0.3) is 0 Å². The van der Waals surface area contributed by atoms with Crippen LogP contribution in [-0.4, -0.2) is 31.5 Å². The van der Waals surface area contributed by atoms with Crippen LogP contribution in [-0.2, 0) is 10.9 Å². The van der Waals surface area contributed by atoms with Gasteiger partial charge in [0.05, 0.1) is 30.8 Å². The molecule has 0 bridgehead atoms. The second-order valence-corrected chi connectivity index (χ2v) is 5.55. The fourth-order valence-electron chi connectivity index (χ4n) is 1.78. The second kappa shape index (κ2) is 5.30. The Labute approximate surface area is 116 Å². The lowest BCUT2D eigenvalue weighted by molar-refractivity contribution is -0.138. The fraction of sp³-hybridized carbons (Fsp3) is 0.500. The molecule has 7 heteroatoms. The van der Waals surface area contributed by atoms with E-state index in [1.54, 1.807) is 6.07 Å². The maximum atomic E-state index is 12.7. The molecule has 1 aliphatic heterocycles. The summed E-state index contributed by atoms with van der Waals surface area (Å²) in [5.41, 5.74) is -0.735. The number of halogens is 4. The Morgan fingerprint density at radius 2 is 2.05 bits per heavy atom. The molecule has 1 aliphatic rings. The number of ether oxygens (including phenoxy) is 1. The molecule has 106 valence electrons. The molecule has 2 rings (SSSR count). The minimum absolute atomic E-state index is 0.00870. The van der Waals surface area contributed by atoms with E-state index in [2.05, 4.69) is 21.2 Å². The van der Waals surface area contributed by atoms with Crippen molar-refractivity contribution in [2.24, 2.45) is 5.41 Å². The van der Waals surface area contributed by atoms with E-state index in [1.807, 2.05) is 0 Å². The zero-order chi connectivity index (χ0) is 14.1. The Morgan fingerprint density at radius 3 is 2.53 bits per heavy atom. The zero-order valence-electron chi connectivity index (χ0n) is 9.93. The molecule has 0 saturated carbocycles. The van der Waals surface area contributed by atoms with Gasteiger partial charge >= 0.3 is 6.18 Å². The van der Waals surface area contributed by atoms with E-state index in [4.69, 9.17) is 4.74 Å². The van der Waals surface area contributed by atoms with Crippen LogP contribution < -0.4 is 5.32 Å². The number of aliphatic hydroxyl groups is 1. The van der Waals surface area contributed by atoms with Crippen molar-refractivity contribution in [1.29, 1.82) is 0 Å². The first-order chi connectivity index (χ1) is 8.86. The van der Waals surface area contributed by atoms with Gasteiger partial charge in [0, 0.05) is 16.7 Å². The molecule has 3 nitrogen and oxygen atoms in total. The predicted molar refractivity (Wildman–Crippen MR) is 68.0 cm³/mol. The minimum Gasteiger partial charge on any atom is -0.396 e. The maximum absolute atomic E-state index is 12.7. The van der Waals surface area contributed by atoms with E-state index >= 15 is 0 Å². The molecule has 1 heterocycles. The van der Waals surface area contributed by atoms with Crippen LogP contribution >= 0.6 is 15.9 Å². The molecule has 0 amide bonds. The first kappa shape index (κ1) is 14.6. The number of aliphatic hydroxyl groups excluding tert-OH is 1. The number of hydrogen-bond donors (Lipinski definition) is 2. The molecule has 0 atom stereocenters. The van der Waals surface area contributed by atoms with Gasteiger partial charge in [-0.3, -0.25) is 0 Å². The smallest absolute Gasteiger partial charge is 0.396 e. The van der Waals surface area contributed by atoms with Crippen LogP contribution in [0.4, 0.5) is 18.9 Å². The van der Waals surface area contributed by atoms with Gasteiger partial charge in [0.2, 0.25) is 0 Å². The van der Waals surface area contributed by atoms with Crippen molar-refractivity contribution in [1.82, 2.24) is 0 Å². The average Bonchev–Trinajstić information content (AvgIpc) is 2.28. The SMILES string of the molecule is OCC1(CNc2ccc(Br)c(C(F)(F)F)c2)COC1. The molecule has 2 N–H and O–H groups in total. The third-order valence-corrected chi connectivity index (χ3v) is 3.78. The highest BCUT2D eigenvalue weighted by molar-refractivity contribution is 9.10. The summed E-state index contributed by atoms with van der Waals surface area (Å²) in [6.45, 7) is 1.16. The van der Waals surface area contributed by atoms with Gasteiger partial charge in [-0.15, -0.1) is 0 Å². The number of hydrogen-bond acceptors (Lipinski definition) is 3. The molecule has 1 saturated heterocycles. The van der Waals surface area contributed by atoms with Crippen molar-refractivity contribution in [3.05, 3.63) is 28.2 Å². The summed E-state index contributed by atoms with van der Waals surface area (Å²) in [4.78, 5) is 0. The summed E-state index contributed by atoms with van der Waals surface area (Å²) in [5, 5.41) is 12.2. The fourth-order valence-corrected chi connectivity index (χ4v) is 2.25. The van der Waals surface area contributed by atoms with Crippen LogP contribution in [0.25, 0.3) is 0 Å². The van der Waals surface area contributed by atoms with Gasteiger partial charge in [0.15, 0.2) is 0 Å². The van der Waals surface area contributed by atoms with Gasteiger partial charge in [-0.2, -0.15) is 13.2 Å². The minimum atomic E-state index is -4.40. The van der Waals surface area contributed by atoms with E-state index in [1.165, 1.54) is 6.07 Å². The van der Waals surface area contributed by atoms with E-state index < -0.39 is 11.7 Å². The summed E-state index contributed by atoms with van der Waals surface area (Å²) >= 11 is 2.89. The van der Waals surface area contributed by atoms with Gasteiger partial charge in [-0.25, -0.2) is 0 Å². The predicted octanol–water partition coefficient (Wildman–Crippen LogP) is 2.89. The third kappa shape index (κ3) is 3.21. The van der Waals surface area contributed by atoms with Crippen molar-refractivity contribution in [2.75, 3.05) is 31.7 Å². The molecule has 0 aliphatic carbocycles. The lowest BCUT2D eigenvalue weighted by atomic mass is 9.87. The number of nitrogens with one attached hydrogen (secondary N) is 1. The molecular formula is C12H13BrF3NO2. The summed E-state index contributed by atoms with van der Waals surface area (Å²) in [7, 11) is 0. The van der Waals surface area contributed by atoms with Crippen molar-refractivity contribution in [3.63, 3.8) is 0 Å². The standard InChI is InChI=1S/C12H13BrF3NO2/c13-10-2-1-8(3-9(10)12(14,15)16)17-4-11(5-18)6-19-7-11/h1-3,17-18H,4-7H2. The summed E-state index contributed by atoms with van der Waals surface area (Å²) < 4.78 is 43.2. The monoisotopic (exact) mass is 339 g/mol. The molecule has 19 heavy (non-hydrogen) atoms. The van der Waals surface area contributed by atoms with Gasteiger partial charge in [-0.1, -0.05) is 15.9 Å². The molecular weight excluding hydrogens is 327 g/mol. The molecule has 0 aromatic heterocycles.